The lowest BCUT2D eigenvalue weighted by molar-refractivity contribution is 0.112. The molecule has 0 amide bonds. The minimum Gasteiger partial charge on any atom is -0.360 e. The van der Waals surface area contributed by atoms with Gasteiger partial charge in [0.25, 0.3) is 0 Å². The van der Waals surface area contributed by atoms with E-state index in [1.807, 2.05) is 30.3 Å². The van der Waals surface area contributed by atoms with Gasteiger partial charge in [-0.2, -0.15) is 0 Å². The van der Waals surface area contributed by atoms with Crippen molar-refractivity contribution in [1.82, 2.24) is 4.98 Å². The Morgan fingerprint density at radius 3 is 2.61 bits per heavy atom. The van der Waals surface area contributed by atoms with Gasteiger partial charge in [-0.25, -0.2) is 0 Å². The Morgan fingerprint density at radius 1 is 1.00 bits per heavy atom. The Bertz CT molecular complexity index is 683. The molecule has 1 aromatic heterocycles. The van der Waals surface area contributed by atoms with Gasteiger partial charge in [-0.05, 0) is 23.6 Å². The van der Waals surface area contributed by atoms with Crippen molar-refractivity contribution in [3.05, 3.63) is 71.4 Å². The minimum absolute atomic E-state index is 0.733. The van der Waals surface area contributed by atoms with Crippen LogP contribution < -0.4 is 0 Å². The van der Waals surface area contributed by atoms with E-state index in [1.165, 1.54) is 11.1 Å². The van der Waals surface area contributed by atoms with E-state index in [-0.39, 0.29) is 0 Å². The lowest BCUT2D eigenvalue weighted by atomic mass is 10.00. The molecule has 88 valence electrons. The third-order valence-electron chi connectivity index (χ3n) is 3.19. The number of aromatic amines is 1. The number of H-pyrrole nitrogens is 1. The van der Waals surface area contributed by atoms with Gasteiger partial charge in [0, 0.05) is 22.7 Å². The first-order valence-corrected chi connectivity index (χ1v) is 5.96. The minimum atomic E-state index is 0.733. The molecule has 0 unspecified atom stereocenters. The van der Waals surface area contributed by atoms with E-state index in [2.05, 4.69) is 23.2 Å². The number of carbonyl (C=O) groups is 1. The number of nitrogens with one attached hydrogen (secondary N) is 1. The van der Waals surface area contributed by atoms with Crippen LogP contribution in [0.1, 0.15) is 21.5 Å². The highest BCUT2D eigenvalue weighted by Gasteiger charge is 2.08. The number of aldehydes is 1. The summed E-state index contributed by atoms with van der Waals surface area (Å²) in [6.07, 6.45) is 3.52. The topological polar surface area (TPSA) is 32.9 Å². The number of carbonyl (C=O) groups excluding carboxylic acids is 1. The molecular formula is C16H13NO. The third-order valence-corrected chi connectivity index (χ3v) is 3.19. The summed E-state index contributed by atoms with van der Waals surface area (Å²) in [5.74, 6) is 0. The quantitative estimate of drug-likeness (QED) is 0.692. The first-order chi connectivity index (χ1) is 8.88. The van der Waals surface area contributed by atoms with Crippen molar-refractivity contribution in [2.75, 3.05) is 0 Å². The molecule has 0 aliphatic heterocycles. The monoisotopic (exact) mass is 235 g/mol. The first kappa shape index (κ1) is 10.8. The average Bonchev–Trinajstić information content (AvgIpc) is 2.84. The van der Waals surface area contributed by atoms with E-state index in [1.54, 1.807) is 6.20 Å². The zero-order valence-corrected chi connectivity index (χ0v) is 9.89. The SMILES string of the molecule is O=Cc1c[nH]c2cccc(Cc3ccccc3)c12. The van der Waals surface area contributed by atoms with Gasteiger partial charge in [0.2, 0.25) is 0 Å². The molecule has 0 radical (unpaired) electrons. The van der Waals surface area contributed by atoms with Crippen molar-refractivity contribution in [2.45, 2.75) is 6.42 Å². The van der Waals surface area contributed by atoms with E-state index in [9.17, 15) is 4.79 Å². The smallest absolute Gasteiger partial charge is 0.152 e. The molecule has 0 aliphatic rings. The summed E-state index contributed by atoms with van der Waals surface area (Å²) < 4.78 is 0. The predicted molar refractivity (Wildman–Crippen MR) is 72.9 cm³/mol. The van der Waals surface area contributed by atoms with E-state index >= 15 is 0 Å². The lowest BCUT2D eigenvalue weighted by Crippen LogP contribution is -1.90. The van der Waals surface area contributed by atoms with Crippen molar-refractivity contribution in [3.8, 4) is 0 Å². The fraction of sp³-hybridized carbons (Fsp3) is 0.0625. The highest BCUT2D eigenvalue weighted by molar-refractivity contribution is 5.99. The van der Waals surface area contributed by atoms with Crippen LogP contribution in [0.5, 0.6) is 0 Å². The number of fused-ring (bicyclic) bond motifs is 1. The zero-order chi connectivity index (χ0) is 12.4. The van der Waals surface area contributed by atoms with Gasteiger partial charge >= 0.3 is 0 Å². The number of aromatic nitrogens is 1. The molecule has 0 bridgehead atoms. The molecule has 2 heteroatoms. The maximum absolute atomic E-state index is 11.1. The molecule has 0 fully saturated rings. The van der Waals surface area contributed by atoms with Gasteiger partial charge in [0.05, 0.1) is 0 Å². The molecule has 2 aromatic carbocycles. The molecule has 0 atom stereocenters. The molecule has 0 saturated heterocycles. The number of rotatable bonds is 3. The molecule has 1 heterocycles. The molecule has 18 heavy (non-hydrogen) atoms. The van der Waals surface area contributed by atoms with E-state index in [0.717, 1.165) is 29.2 Å². The van der Waals surface area contributed by atoms with Gasteiger partial charge < -0.3 is 4.98 Å². The molecular weight excluding hydrogens is 222 g/mol. The summed E-state index contributed by atoms with van der Waals surface area (Å²) in [6, 6.07) is 16.4. The average molecular weight is 235 g/mol. The Morgan fingerprint density at radius 2 is 1.83 bits per heavy atom. The van der Waals surface area contributed by atoms with Crippen molar-refractivity contribution in [3.63, 3.8) is 0 Å². The Kier molecular flexibility index (Phi) is 2.69. The second-order valence-electron chi connectivity index (χ2n) is 4.36. The van der Waals surface area contributed by atoms with Crippen molar-refractivity contribution >= 4 is 17.2 Å². The lowest BCUT2D eigenvalue weighted by Gasteiger charge is -2.04. The molecule has 3 rings (SSSR count). The second kappa shape index (κ2) is 4.49. The normalized spacial score (nSPS) is 10.7. The molecule has 1 N–H and O–H groups in total. The summed E-state index contributed by atoms with van der Waals surface area (Å²) in [5, 5.41) is 1.04. The van der Waals surface area contributed by atoms with Crippen molar-refractivity contribution in [1.29, 1.82) is 0 Å². The summed E-state index contributed by atoms with van der Waals surface area (Å²) >= 11 is 0. The van der Waals surface area contributed by atoms with E-state index < -0.39 is 0 Å². The van der Waals surface area contributed by atoms with Gasteiger partial charge in [0.15, 0.2) is 6.29 Å². The highest BCUT2D eigenvalue weighted by atomic mass is 16.1. The molecule has 0 aliphatic carbocycles. The van der Waals surface area contributed by atoms with E-state index in [0.29, 0.717) is 0 Å². The third kappa shape index (κ3) is 1.82. The van der Waals surface area contributed by atoms with Crippen LogP contribution in [0.25, 0.3) is 10.9 Å². The van der Waals surface area contributed by atoms with Gasteiger partial charge in [0.1, 0.15) is 0 Å². The molecule has 3 aromatic rings. The number of benzene rings is 2. The first-order valence-electron chi connectivity index (χ1n) is 5.96. The molecule has 0 saturated carbocycles. The van der Waals surface area contributed by atoms with Crippen LogP contribution >= 0.6 is 0 Å². The Labute approximate surface area is 105 Å². The van der Waals surface area contributed by atoms with Gasteiger partial charge in [-0.15, -0.1) is 0 Å². The Balaban J connectivity index is 2.11. The number of hydrogen-bond acceptors (Lipinski definition) is 1. The van der Waals surface area contributed by atoms with Gasteiger partial charge in [-0.1, -0.05) is 42.5 Å². The van der Waals surface area contributed by atoms with Crippen LogP contribution in [-0.4, -0.2) is 11.3 Å². The van der Waals surface area contributed by atoms with Crippen LogP contribution in [0, 0.1) is 0 Å². The van der Waals surface area contributed by atoms with Crippen molar-refractivity contribution in [2.24, 2.45) is 0 Å². The van der Waals surface area contributed by atoms with Crippen molar-refractivity contribution < 1.29 is 4.79 Å². The highest BCUT2D eigenvalue weighted by Crippen LogP contribution is 2.23. The maximum atomic E-state index is 11.1. The zero-order valence-electron chi connectivity index (χ0n) is 9.89. The molecule has 0 spiro atoms. The van der Waals surface area contributed by atoms with Crippen LogP contribution in [0.3, 0.4) is 0 Å². The fourth-order valence-electron chi connectivity index (χ4n) is 2.35. The second-order valence-corrected chi connectivity index (χ2v) is 4.36. The Hall–Kier alpha value is -2.35. The van der Waals surface area contributed by atoms with Crippen LogP contribution in [0.4, 0.5) is 0 Å². The predicted octanol–water partition coefficient (Wildman–Crippen LogP) is 3.57. The largest absolute Gasteiger partial charge is 0.360 e. The molecule has 2 nitrogen and oxygen atoms in total. The van der Waals surface area contributed by atoms with E-state index in [4.69, 9.17) is 0 Å². The van der Waals surface area contributed by atoms with Crippen LogP contribution in [0.15, 0.2) is 54.7 Å². The van der Waals surface area contributed by atoms with Crippen LogP contribution in [0.2, 0.25) is 0 Å². The maximum Gasteiger partial charge on any atom is 0.152 e. The summed E-state index contributed by atoms with van der Waals surface area (Å²) in [4.78, 5) is 14.2. The van der Waals surface area contributed by atoms with Crippen LogP contribution in [-0.2, 0) is 6.42 Å². The summed E-state index contributed by atoms with van der Waals surface area (Å²) in [6.45, 7) is 0. The van der Waals surface area contributed by atoms with Gasteiger partial charge in [-0.3, -0.25) is 4.79 Å². The fourth-order valence-corrected chi connectivity index (χ4v) is 2.35. The number of hydrogen-bond donors (Lipinski definition) is 1. The summed E-state index contributed by atoms with van der Waals surface area (Å²) in [5.41, 5.74) is 4.19. The summed E-state index contributed by atoms with van der Waals surface area (Å²) in [7, 11) is 0. The standard InChI is InChI=1S/C16H13NO/c18-11-14-10-17-15-8-4-7-13(16(14)15)9-12-5-2-1-3-6-12/h1-8,10-11,17H,9H2.